The highest BCUT2D eigenvalue weighted by Crippen LogP contribution is 2.44. The summed E-state index contributed by atoms with van der Waals surface area (Å²) in [7, 11) is 3.97. The van der Waals surface area contributed by atoms with Gasteiger partial charge in [-0.15, -0.1) is 0 Å². The minimum Gasteiger partial charge on any atom is -0.329 e. The van der Waals surface area contributed by atoms with Crippen molar-refractivity contribution in [2.75, 3.05) is 16.8 Å². The van der Waals surface area contributed by atoms with Crippen LogP contribution in [0.4, 0.5) is 17.1 Å². The molecule has 0 spiro atoms. The molecule has 4 rings (SSSR count). The van der Waals surface area contributed by atoms with Crippen molar-refractivity contribution in [1.82, 2.24) is 9.78 Å². The van der Waals surface area contributed by atoms with Gasteiger partial charge in [0.15, 0.2) is 0 Å². The first-order chi connectivity index (χ1) is 11.1. The highest BCUT2D eigenvalue weighted by Gasteiger charge is 2.27. The predicted molar refractivity (Wildman–Crippen MR) is 94.8 cm³/mol. The number of hydrogen-bond donors (Lipinski definition) is 0. The maximum Gasteiger partial charge on any atom is 0.110 e. The first kappa shape index (κ1) is 13.6. The summed E-state index contributed by atoms with van der Waals surface area (Å²) >= 11 is 0. The van der Waals surface area contributed by atoms with Crippen molar-refractivity contribution in [1.29, 1.82) is 0 Å². The number of aromatic nitrogens is 2. The minimum absolute atomic E-state index is 0.955. The Kier molecular flexibility index (Phi) is 2.98. The summed E-state index contributed by atoms with van der Waals surface area (Å²) in [5.41, 5.74) is 5.53. The van der Waals surface area contributed by atoms with Crippen LogP contribution in [0.5, 0.6) is 0 Å². The molecule has 1 aliphatic rings. The van der Waals surface area contributed by atoms with Gasteiger partial charge in [0.05, 0.1) is 17.1 Å². The zero-order valence-corrected chi connectivity index (χ0v) is 13.3. The molecule has 0 amide bonds. The number of nitrogens with zero attached hydrogens (tertiary/aromatic N) is 4. The van der Waals surface area contributed by atoms with Crippen LogP contribution in [0, 0.1) is 0 Å². The van der Waals surface area contributed by atoms with E-state index in [1.165, 1.54) is 5.69 Å². The van der Waals surface area contributed by atoms with Crippen molar-refractivity contribution >= 4 is 17.1 Å². The lowest BCUT2D eigenvalue weighted by Crippen LogP contribution is -2.20. The van der Waals surface area contributed by atoms with Crippen molar-refractivity contribution in [3.63, 3.8) is 0 Å². The van der Waals surface area contributed by atoms with Crippen LogP contribution in [-0.2, 0) is 7.05 Å². The molecule has 4 nitrogen and oxygen atoms in total. The summed E-state index contributed by atoms with van der Waals surface area (Å²) in [6.07, 6.45) is 1.96. The molecule has 0 unspecified atom stereocenters. The Bertz CT molecular complexity index is 876. The van der Waals surface area contributed by atoms with Gasteiger partial charge in [0, 0.05) is 31.5 Å². The fourth-order valence-electron chi connectivity index (χ4n) is 3.00. The van der Waals surface area contributed by atoms with E-state index in [-0.39, 0.29) is 0 Å². The van der Waals surface area contributed by atoms with E-state index < -0.39 is 0 Å². The van der Waals surface area contributed by atoms with Crippen LogP contribution in [0.3, 0.4) is 0 Å². The third-order valence-electron chi connectivity index (χ3n) is 4.26. The standard InChI is InChI=1S/C19H18N4/c1-14-22(3)18-6-4-5-7-19(18)23(14)16-10-8-15(9-11-16)17-12-13-21(2)20-17/h4-13H,1H2,2-3H3. The average molecular weight is 302 g/mol. The third-order valence-corrected chi connectivity index (χ3v) is 4.26. The van der Waals surface area contributed by atoms with E-state index >= 15 is 0 Å². The maximum absolute atomic E-state index is 4.45. The number of benzene rings is 2. The number of hydrogen-bond acceptors (Lipinski definition) is 3. The zero-order valence-electron chi connectivity index (χ0n) is 13.3. The topological polar surface area (TPSA) is 24.3 Å². The van der Waals surface area contributed by atoms with Crippen molar-refractivity contribution in [2.45, 2.75) is 0 Å². The van der Waals surface area contributed by atoms with Gasteiger partial charge < -0.3 is 4.90 Å². The average Bonchev–Trinajstić information content (AvgIpc) is 3.11. The van der Waals surface area contributed by atoms with Gasteiger partial charge in [0.1, 0.15) is 5.82 Å². The first-order valence-corrected chi connectivity index (χ1v) is 7.57. The minimum atomic E-state index is 0.955. The van der Waals surface area contributed by atoms with E-state index in [9.17, 15) is 0 Å². The molecule has 0 bridgehead atoms. The molecule has 23 heavy (non-hydrogen) atoms. The Morgan fingerprint density at radius 3 is 2.22 bits per heavy atom. The summed E-state index contributed by atoms with van der Waals surface area (Å²) in [6.45, 7) is 4.23. The molecule has 4 heteroatoms. The number of para-hydroxylation sites is 2. The van der Waals surface area contributed by atoms with Crippen LogP contribution >= 0.6 is 0 Å². The molecular formula is C19H18N4. The number of fused-ring (bicyclic) bond motifs is 1. The molecule has 114 valence electrons. The monoisotopic (exact) mass is 302 g/mol. The lowest BCUT2D eigenvalue weighted by atomic mass is 10.1. The molecule has 0 saturated carbocycles. The van der Waals surface area contributed by atoms with E-state index in [2.05, 4.69) is 70.0 Å². The molecule has 1 aromatic heterocycles. The van der Waals surface area contributed by atoms with Crippen molar-refractivity contribution in [3.8, 4) is 11.3 Å². The highest BCUT2D eigenvalue weighted by molar-refractivity contribution is 5.88. The van der Waals surface area contributed by atoms with E-state index in [1.807, 2.05) is 31.0 Å². The summed E-state index contributed by atoms with van der Waals surface area (Å²) in [4.78, 5) is 4.29. The maximum atomic E-state index is 4.45. The zero-order chi connectivity index (χ0) is 16.0. The van der Waals surface area contributed by atoms with Crippen LogP contribution in [0.15, 0.2) is 73.2 Å². The second kappa shape index (κ2) is 5.02. The molecule has 2 heterocycles. The quantitative estimate of drug-likeness (QED) is 0.711. The molecule has 0 atom stereocenters. The second-order valence-electron chi connectivity index (χ2n) is 5.72. The molecule has 3 aromatic rings. The molecule has 0 saturated heterocycles. The van der Waals surface area contributed by atoms with Crippen LogP contribution < -0.4 is 9.80 Å². The van der Waals surface area contributed by atoms with E-state index in [0.717, 1.165) is 28.5 Å². The van der Waals surface area contributed by atoms with Crippen molar-refractivity contribution < 1.29 is 0 Å². The van der Waals surface area contributed by atoms with Gasteiger partial charge in [-0.1, -0.05) is 30.8 Å². The lowest BCUT2D eigenvalue weighted by Gasteiger charge is -2.22. The number of aryl methyl sites for hydroxylation is 1. The molecule has 0 aliphatic carbocycles. The molecule has 0 fully saturated rings. The SMILES string of the molecule is C=C1N(C)c2ccccc2N1c1ccc(-c2ccn(C)n2)cc1. The highest BCUT2D eigenvalue weighted by atomic mass is 15.4. The van der Waals surface area contributed by atoms with Gasteiger partial charge >= 0.3 is 0 Å². The molecule has 0 N–H and O–H groups in total. The molecule has 2 aromatic carbocycles. The Morgan fingerprint density at radius 1 is 0.870 bits per heavy atom. The van der Waals surface area contributed by atoms with Crippen LogP contribution in [0.1, 0.15) is 0 Å². The Morgan fingerprint density at radius 2 is 1.57 bits per heavy atom. The number of rotatable bonds is 2. The third kappa shape index (κ3) is 2.11. The first-order valence-electron chi connectivity index (χ1n) is 7.57. The fraction of sp³-hybridized carbons (Fsp3) is 0.105. The Hall–Kier alpha value is -3.01. The molecular weight excluding hydrogens is 284 g/mol. The van der Waals surface area contributed by atoms with E-state index in [0.29, 0.717) is 0 Å². The summed E-state index contributed by atoms with van der Waals surface area (Å²) in [6, 6.07) is 18.8. The van der Waals surface area contributed by atoms with Crippen LogP contribution in [0.2, 0.25) is 0 Å². The van der Waals surface area contributed by atoms with E-state index in [4.69, 9.17) is 0 Å². The predicted octanol–water partition coefficient (Wildman–Crippen LogP) is 4.15. The summed E-state index contributed by atoms with van der Waals surface area (Å²) in [5.74, 6) is 0.955. The van der Waals surface area contributed by atoms with E-state index in [1.54, 1.807) is 0 Å². The molecule has 0 radical (unpaired) electrons. The molecule has 1 aliphatic heterocycles. The van der Waals surface area contributed by atoms with Crippen molar-refractivity contribution in [2.24, 2.45) is 7.05 Å². The fourth-order valence-corrected chi connectivity index (χ4v) is 3.00. The Balaban J connectivity index is 1.73. The number of anilines is 3. The van der Waals surface area contributed by atoms with Gasteiger partial charge in [-0.3, -0.25) is 9.58 Å². The largest absolute Gasteiger partial charge is 0.329 e. The van der Waals surface area contributed by atoms with Gasteiger partial charge in [-0.2, -0.15) is 5.10 Å². The van der Waals surface area contributed by atoms with Gasteiger partial charge in [0.2, 0.25) is 0 Å². The van der Waals surface area contributed by atoms with Crippen molar-refractivity contribution in [3.05, 3.63) is 73.2 Å². The normalized spacial score (nSPS) is 13.6. The smallest absolute Gasteiger partial charge is 0.110 e. The second-order valence-corrected chi connectivity index (χ2v) is 5.72. The van der Waals surface area contributed by atoms with Crippen LogP contribution in [-0.4, -0.2) is 16.8 Å². The lowest BCUT2D eigenvalue weighted by molar-refractivity contribution is 0.771. The van der Waals surface area contributed by atoms with Crippen LogP contribution in [0.25, 0.3) is 11.3 Å². The van der Waals surface area contributed by atoms with Gasteiger partial charge in [-0.25, -0.2) is 0 Å². The summed E-state index contributed by atoms with van der Waals surface area (Å²) in [5, 5.41) is 4.45. The van der Waals surface area contributed by atoms with Gasteiger partial charge in [-0.05, 0) is 30.3 Å². The Labute approximate surface area is 135 Å². The van der Waals surface area contributed by atoms with Gasteiger partial charge in [0.25, 0.3) is 0 Å². The summed E-state index contributed by atoms with van der Waals surface area (Å²) < 4.78 is 1.82.